The first kappa shape index (κ1) is 11.2. The minimum atomic E-state index is -0.758. The van der Waals surface area contributed by atoms with Crippen LogP contribution in [0.3, 0.4) is 0 Å². The molecule has 16 heavy (non-hydrogen) atoms. The van der Waals surface area contributed by atoms with Gasteiger partial charge < -0.3 is 14.3 Å². The van der Waals surface area contributed by atoms with E-state index < -0.39 is 6.10 Å². The molecule has 0 fully saturated rings. The number of hydrogen-bond acceptors (Lipinski definition) is 3. The highest BCUT2D eigenvalue weighted by atomic mass is 79.9. The quantitative estimate of drug-likeness (QED) is 0.937. The van der Waals surface area contributed by atoms with Crippen molar-refractivity contribution >= 4 is 15.9 Å². The highest BCUT2D eigenvalue weighted by molar-refractivity contribution is 9.10. The van der Waals surface area contributed by atoms with Gasteiger partial charge in [0.05, 0.1) is 0 Å². The van der Waals surface area contributed by atoms with Crippen molar-refractivity contribution in [3.05, 3.63) is 52.9 Å². The summed E-state index contributed by atoms with van der Waals surface area (Å²) in [6.07, 6.45) is -0.758. The molecule has 1 heterocycles. The van der Waals surface area contributed by atoms with Crippen LogP contribution in [0.15, 0.2) is 51.6 Å². The number of para-hydroxylation sites is 1. The van der Waals surface area contributed by atoms with Crippen molar-refractivity contribution in [2.45, 2.75) is 6.10 Å². The highest BCUT2D eigenvalue weighted by Crippen LogP contribution is 2.21. The van der Waals surface area contributed by atoms with Crippen molar-refractivity contribution in [1.29, 1.82) is 0 Å². The van der Waals surface area contributed by atoms with Crippen molar-refractivity contribution in [2.24, 2.45) is 0 Å². The first-order valence-corrected chi connectivity index (χ1v) is 5.66. The predicted molar refractivity (Wildman–Crippen MR) is 63.3 cm³/mol. The second kappa shape index (κ2) is 5.18. The molecule has 3 nitrogen and oxygen atoms in total. The summed E-state index contributed by atoms with van der Waals surface area (Å²) in [6, 6.07) is 12.8. The van der Waals surface area contributed by atoms with E-state index in [0.717, 1.165) is 5.75 Å². The molecule has 0 aliphatic rings. The van der Waals surface area contributed by atoms with Crippen LogP contribution in [-0.2, 0) is 0 Å². The summed E-state index contributed by atoms with van der Waals surface area (Å²) in [5.74, 6) is 1.22. The Balaban J connectivity index is 1.91. The van der Waals surface area contributed by atoms with Crippen LogP contribution < -0.4 is 4.74 Å². The third-order valence-electron chi connectivity index (χ3n) is 2.07. The van der Waals surface area contributed by atoms with Crippen LogP contribution in [-0.4, -0.2) is 11.7 Å². The second-order valence-corrected chi connectivity index (χ2v) is 4.06. The molecule has 0 aliphatic carbocycles. The lowest BCUT2D eigenvalue weighted by molar-refractivity contribution is 0.0880. The van der Waals surface area contributed by atoms with E-state index in [1.165, 1.54) is 0 Å². The molecule has 1 aromatic carbocycles. The van der Waals surface area contributed by atoms with Gasteiger partial charge in [-0.2, -0.15) is 0 Å². The smallest absolute Gasteiger partial charge is 0.169 e. The van der Waals surface area contributed by atoms with E-state index in [9.17, 15) is 5.11 Å². The molecule has 4 heteroatoms. The number of ether oxygens (including phenoxy) is 1. The highest BCUT2D eigenvalue weighted by Gasteiger charge is 2.12. The molecule has 2 aromatic rings. The second-order valence-electron chi connectivity index (χ2n) is 3.28. The molecule has 0 aliphatic heterocycles. The fourth-order valence-corrected chi connectivity index (χ4v) is 1.60. The largest absolute Gasteiger partial charge is 0.490 e. The fourth-order valence-electron chi connectivity index (χ4n) is 1.28. The average Bonchev–Trinajstić information content (AvgIpc) is 2.74. The number of aliphatic hydroxyl groups is 1. The lowest BCUT2D eigenvalue weighted by Crippen LogP contribution is -2.08. The molecular weight excluding hydrogens is 272 g/mol. The number of aliphatic hydroxyl groups excluding tert-OH is 1. The first-order valence-electron chi connectivity index (χ1n) is 4.87. The van der Waals surface area contributed by atoms with Gasteiger partial charge in [-0.05, 0) is 40.2 Å². The van der Waals surface area contributed by atoms with Crippen molar-refractivity contribution < 1.29 is 14.3 Å². The molecule has 1 N–H and O–H groups in total. The van der Waals surface area contributed by atoms with Crippen LogP contribution in [0.5, 0.6) is 5.75 Å². The maximum atomic E-state index is 9.76. The molecule has 1 aromatic heterocycles. The lowest BCUT2D eigenvalue weighted by atomic mass is 10.3. The van der Waals surface area contributed by atoms with Crippen LogP contribution in [0.1, 0.15) is 11.9 Å². The van der Waals surface area contributed by atoms with Crippen LogP contribution in [0, 0.1) is 0 Å². The van der Waals surface area contributed by atoms with Gasteiger partial charge in [0.1, 0.15) is 24.2 Å². The van der Waals surface area contributed by atoms with E-state index in [0.29, 0.717) is 10.4 Å². The summed E-state index contributed by atoms with van der Waals surface area (Å²) >= 11 is 3.18. The van der Waals surface area contributed by atoms with Crippen LogP contribution in [0.2, 0.25) is 0 Å². The van der Waals surface area contributed by atoms with E-state index in [1.54, 1.807) is 12.1 Å². The molecule has 0 spiro atoms. The molecule has 1 atom stereocenters. The Kier molecular flexibility index (Phi) is 3.64. The number of halogens is 1. The topological polar surface area (TPSA) is 42.6 Å². The SMILES string of the molecule is OC(COc1ccccc1)c1ccc(Br)o1. The molecule has 0 saturated carbocycles. The Bertz CT molecular complexity index is 439. The zero-order chi connectivity index (χ0) is 11.4. The van der Waals surface area contributed by atoms with Gasteiger partial charge in [-0.15, -0.1) is 0 Å². The van der Waals surface area contributed by atoms with Crippen molar-refractivity contribution in [3.63, 3.8) is 0 Å². The third kappa shape index (κ3) is 2.87. The zero-order valence-corrected chi connectivity index (χ0v) is 10.1. The third-order valence-corrected chi connectivity index (χ3v) is 2.50. The molecule has 2 rings (SSSR count). The van der Waals surface area contributed by atoms with E-state index in [-0.39, 0.29) is 6.61 Å². The van der Waals surface area contributed by atoms with Crippen molar-refractivity contribution in [2.75, 3.05) is 6.61 Å². The molecular formula is C12H11BrO3. The Morgan fingerprint density at radius 2 is 1.94 bits per heavy atom. The van der Waals surface area contributed by atoms with Gasteiger partial charge >= 0.3 is 0 Å². The van der Waals surface area contributed by atoms with Gasteiger partial charge in [0, 0.05) is 0 Å². The normalized spacial score (nSPS) is 12.4. The van der Waals surface area contributed by atoms with Crippen molar-refractivity contribution in [1.82, 2.24) is 0 Å². The van der Waals surface area contributed by atoms with Gasteiger partial charge in [-0.1, -0.05) is 18.2 Å². The van der Waals surface area contributed by atoms with Crippen LogP contribution >= 0.6 is 15.9 Å². The van der Waals surface area contributed by atoms with E-state index in [4.69, 9.17) is 9.15 Å². The Morgan fingerprint density at radius 1 is 1.19 bits per heavy atom. The number of hydrogen-bond donors (Lipinski definition) is 1. The van der Waals surface area contributed by atoms with E-state index in [1.807, 2.05) is 30.3 Å². The molecule has 1 unspecified atom stereocenters. The van der Waals surface area contributed by atoms with Crippen LogP contribution in [0.4, 0.5) is 0 Å². The maximum absolute atomic E-state index is 9.76. The van der Waals surface area contributed by atoms with E-state index >= 15 is 0 Å². The minimum absolute atomic E-state index is 0.171. The summed E-state index contributed by atoms with van der Waals surface area (Å²) in [7, 11) is 0. The fraction of sp³-hybridized carbons (Fsp3) is 0.167. The van der Waals surface area contributed by atoms with Gasteiger partial charge in [-0.25, -0.2) is 0 Å². The molecule has 84 valence electrons. The van der Waals surface area contributed by atoms with Gasteiger partial charge in [0.15, 0.2) is 4.67 Å². The Labute approximate surface area is 102 Å². The Morgan fingerprint density at radius 3 is 2.56 bits per heavy atom. The summed E-state index contributed by atoms with van der Waals surface area (Å²) < 4.78 is 11.2. The monoisotopic (exact) mass is 282 g/mol. The maximum Gasteiger partial charge on any atom is 0.169 e. The Hall–Kier alpha value is -1.26. The van der Waals surface area contributed by atoms with Gasteiger partial charge in [0.25, 0.3) is 0 Å². The standard InChI is InChI=1S/C12H11BrO3/c13-12-7-6-11(16-12)10(14)8-15-9-4-2-1-3-5-9/h1-7,10,14H,8H2. The number of benzene rings is 1. The van der Waals surface area contributed by atoms with Gasteiger partial charge in [-0.3, -0.25) is 0 Å². The average molecular weight is 283 g/mol. The van der Waals surface area contributed by atoms with Crippen molar-refractivity contribution in [3.8, 4) is 5.75 Å². The lowest BCUT2D eigenvalue weighted by Gasteiger charge is -2.09. The van der Waals surface area contributed by atoms with E-state index in [2.05, 4.69) is 15.9 Å². The summed E-state index contributed by atoms with van der Waals surface area (Å²) in [5, 5.41) is 9.76. The molecule has 0 saturated heterocycles. The molecule has 0 radical (unpaired) electrons. The molecule has 0 bridgehead atoms. The first-order chi connectivity index (χ1) is 7.75. The summed E-state index contributed by atoms with van der Waals surface area (Å²) in [4.78, 5) is 0. The molecule has 0 amide bonds. The van der Waals surface area contributed by atoms with Crippen LogP contribution in [0.25, 0.3) is 0 Å². The summed E-state index contributed by atoms with van der Waals surface area (Å²) in [5.41, 5.74) is 0. The zero-order valence-electron chi connectivity index (χ0n) is 8.47. The summed E-state index contributed by atoms with van der Waals surface area (Å²) in [6.45, 7) is 0.171. The minimum Gasteiger partial charge on any atom is -0.490 e. The number of furan rings is 1. The number of rotatable bonds is 4. The predicted octanol–water partition coefficient (Wildman–Crippen LogP) is 3.15. The van der Waals surface area contributed by atoms with Gasteiger partial charge in [0.2, 0.25) is 0 Å².